The van der Waals surface area contributed by atoms with E-state index in [1.165, 1.54) is 12.1 Å². The molecule has 1 fully saturated rings. The zero-order valence-corrected chi connectivity index (χ0v) is 18.5. The van der Waals surface area contributed by atoms with Crippen LogP contribution in [0.5, 0.6) is 0 Å². The van der Waals surface area contributed by atoms with Crippen molar-refractivity contribution in [1.82, 2.24) is 14.7 Å². The minimum atomic E-state index is -0.515. The molecule has 0 atom stereocenters. The molecule has 32 heavy (non-hydrogen) atoms. The van der Waals surface area contributed by atoms with Crippen LogP contribution < -0.4 is 5.32 Å². The first-order valence-electron chi connectivity index (χ1n) is 10.7. The van der Waals surface area contributed by atoms with Gasteiger partial charge in [0, 0.05) is 30.2 Å². The normalized spacial score (nSPS) is 15.1. The van der Waals surface area contributed by atoms with Crippen LogP contribution in [0.4, 0.5) is 14.9 Å². The van der Waals surface area contributed by atoms with Crippen LogP contribution in [-0.4, -0.2) is 45.4 Å². The van der Waals surface area contributed by atoms with E-state index in [1.54, 1.807) is 41.6 Å². The average molecular weight is 439 g/mol. The van der Waals surface area contributed by atoms with Crippen molar-refractivity contribution in [2.24, 2.45) is 0 Å². The third kappa shape index (κ3) is 4.74. The second kappa shape index (κ2) is 8.61. The maximum atomic E-state index is 14.0. The van der Waals surface area contributed by atoms with Gasteiger partial charge in [0.2, 0.25) is 0 Å². The van der Waals surface area contributed by atoms with E-state index < -0.39 is 5.60 Å². The van der Waals surface area contributed by atoms with Crippen molar-refractivity contribution in [3.05, 3.63) is 60.2 Å². The highest BCUT2D eigenvalue weighted by molar-refractivity contribution is 6.12. The molecule has 0 saturated carbocycles. The molecule has 0 unspecified atom stereocenters. The number of hydrogen-bond acceptors (Lipinski definition) is 4. The zero-order valence-electron chi connectivity index (χ0n) is 18.5. The van der Waals surface area contributed by atoms with E-state index in [1.807, 2.05) is 25.5 Å². The van der Waals surface area contributed by atoms with Gasteiger partial charge in [0.15, 0.2) is 0 Å². The van der Waals surface area contributed by atoms with Crippen molar-refractivity contribution in [2.45, 2.75) is 45.3 Å². The Labute approximate surface area is 186 Å². The molecule has 0 bridgehead atoms. The van der Waals surface area contributed by atoms with Crippen LogP contribution in [0.25, 0.3) is 10.8 Å². The van der Waals surface area contributed by atoms with Gasteiger partial charge in [0.1, 0.15) is 11.4 Å². The average Bonchev–Trinajstić information content (AvgIpc) is 3.21. The SMILES string of the molecule is CC(C)(C)OC(=O)N1CCC(n2cc(NC(=O)c3ccc(F)c4ccccc34)cn2)CC1. The molecule has 0 radical (unpaired) electrons. The number of aromatic nitrogens is 2. The number of likely N-dealkylation sites (tertiary alicyclic amines) is 1. The molecule has 7 nitrogen and oxygen atoms in total. The molecule has 0 spiro atoms. The fourth-order valence-electron chi connectivity index (χ4n) is 3.90. The molecule has 1 saturated heterocycles. The highest BCUT2D eigenvalue weighted by atomic mass is 19.1. The molecule has 0 aliphatic carbocycles. The summed E-state index contributed by atoms with van der Waals surface area (Å²) < 4.78 is 21.3. The second-order valence-corrected chi connectivity index (χ2v) is 9.00. The second-order valence-electron chi connectivity index (χ2n) is 9.00. The summed E-state index contributed by atoms with van der Waals surface area (Å²) in [5.41, 5.74) is 0.456. The van der Waals surface area contributed by atoms with E-state index in [9.17, 15) is 14.0 Å². The number of nitrogens with one attached hydrogen (secondary N) is 1. The Bertz CT molecular complexity index is 1140. The number of piperidine rings is 1. The molecule has 2 amide bonds. The molecular weight excluding hydrogens is 411 g/mol. The van der Waals surface area contributed by atoms with Crippen LogP contribution in [0, 0.1) is 5.82 Å². The summed E-state index contributed by atoms with van der Waals surface area (Å²) in [6.45, 7) is 6.73. The topological polar surface area (TPSA) is 76.5 Å². The first kappa shape index (κ1) is 21.8. The molecule has 1 aromatic heterocycles. The molecule has 168 valence electrons. The van der Waals surface area contributed by atoms with E-state index >= 15 is 0 Å². The highest BCUT2D eigenvalue weighted by Crippen LogP contribution is 2.26. The standard InChI is InChI=1S/C24H27FN4O3/c1-24(2,3)32-23(31)28-12-10-17(11-13-28)29-15-16(14-26-29)27-22(30)20-8-9-21(25)19-7-5-4-6-18(19)20/h4-9,14-15,17H,10-13H2,1-3H3,(H,27,30). The molecule has 2 aromatic carbocycles. The van der Waals surface area contributed by atoms with Crippen molar-refractivity contribution < 1.29 is 18.7 Å². The smallest absolute Gasteiger partial charge is 0.410 e. The fourth-order valence-corrected chi connectivity index (χ4v) is 3.90. The molecular formula is C24H27FN4O3. The van der Waals surface area contributed by atoms with Crippen LogP contribution in [-0.2, 0) is 4.74 Å². The third-order valence-corrected chi connectivity index (χ3v) is 5.47. The van der Waals surface area contributed by atoms with E-state index in [2.05, 4.69) is 10.4 Å². The number of carbonyl (C=O) groups excluding carboxylic acids is 2. The molecule has 1 aliphatic heterocycles. The van der Waals surface area contributed by atoms with E-state index in [4.69, 9.17) is 4.74 Å². The number of fused-ring (bicyclic) bond motifs is 1. The number of anilines is 1. The Morgan fingerprint density at radius 1 is 1.09 bits per heavy atom. The first-order chi connectivity index (χ1) is 15.2. The number of rotatable bonds is 3. The zero-order chi connectivity index (χ0) is 22.9. The van der Waals surface area contributed by atoms with Crippen LogP contribution in [0.1, 0.15) is 50.0 Å². The summed E-state index contributed by atoms with van der Waals surface area (Å²) in [7, 11) is 0. The van der Waals surface area contributed by atoms with Gasteiger partial charge in [-0.1, -0.05) is 24.3 Å². The van der Waals surface area contributed by atoms with Crippen molar-refractivity contribution in [3.63, 3.8) is 0 Å². The van der Waals surface area contributed by atoms with Crippen molar-refractivity contribution >= 4 is 28.5 Å². The lowest BCUT2D eigenvalue weighted by atomic mass is 10.0. The van der Waals surface area contributed by atoms with Crippen LogP contribution in [0.15, 0.2) is 48.8 Å². The maximum absolute atomic E-state index is 14.0. The predicted molar refractivity (Wildman–Crippen MR) is 120 cm³/mol. The summed E-state index contributed by atoms with van der Waals surface area (Å²) in [5, 5.41) is 8.22. The number of hydrogen-bond donors (Lipinski definition) is 1. The fraction of sp³-hybridized carbons (Fsp3) is 0.375. The van der Waals surface area contributed by atoms with E-state index in [0.717, 1.165) is 12.8 Å². The Hall–Kier alpha value is -3.42. The largest absolute Gasteiger partial charge is 0.444 e. The summed E-state index contributed by atoms with van der Waals surface area (Å²) in [5.74, 6) is -0.678. The van der Waals surface area contributed by atoms with Gasteiger partial charge in [-0.05, 0) is 51.1 Å². The van der Waals surface area contributed by atoms with Gasteiger partial charge < -0.3 is 15.0 Å². The van der Waals surface area contributed by atoms with Gasteiger partial charge in [-0.15, -0.1) is 0 Å². The number of ether oxygens (including phenoxy) is 1. The molecule has 4 rings (SSSR count). The Morgan fingerprint density at radius 3 is 2.47 bits per heavy atom. The third-order valence-electron chi connectivity index (χ3n) is 5.47. The first-order valence-corrected chi connectivity index (χ1v) is 10.7. The molecule has 1 aliphatic rings. The Kier molecular flexibility index (Phi) is 5.86. The monoisotopic (exact) mass is 438 g/mol. The number of halogens is 1. The minimum absolute atomic E-state index is 0.131. The van der Waals surface area contributed by atoms with Crippen molar-refractivity contribution in [1.29, 1.82) is 0 Å². The molecule has 1 N–H and O–H groups in total. The van der Waals surface area contributed by atoms with Gasteiger partial charge in [0.05, 0.1) is 17.9 Å². The van der Waals surface area contributed by atoms with Crippen LogP contribution in [0.3, 0.4) is 0 Å². The van der Waals surface area contributed by atoms with Crippen molar-refractivity contribution in [3.8, 4) is 0 Å². The molecule has 2 heterocycles. The summed E-state index contributed by atoms with van der Waals surface area (Å²) in [4.78, 5) is 26.8. The summed E-state index contributed by atoms with van der Waals surface area (Å²) >= 11 is 0. The lowest BCUT2D eigenvalue weighted by molar-refractivity contribution is 0.0184. The number of amides is 2. The van der Waals surface area contributed by atoms with E-state index in [0.29, 0.717) is 35.1 Å². The molecule has 8 heteroatoms. The lowest BCUT2D eigenvalue weighted by Gasteiger charge is -2.33. The molecule has 3 aromatic rings. The summed E-state index contributed by atoms with van der Waals surface area (Å²) in [6, 6.07) is 9.83. The summed E-state index contributed by atoms with van der Waals surface area (Å²) in [6.07, 6.45) is 4.59. The van der Waals surface area contributed by atoms with Gasteiger partial charge >= 0.3 is 6.09 Å². The van der Waals surface area contributed by atoms with Crippen LogP contribution >= 0.6 is 0 Å². The number of nitrogens with zero attached hydrogens (tertiary/aromatic N) is 3. The Balaban J connectivity index is 1.40. The van der Waals surface area contributed by atoms with E-state index in [-0.39, 0.29) is 23.9 Å². The number of benzene rings is 2. The van der Waals surface area contributed by atoms with Gasteiger partial charge in [-0.25, -0.2) is 9.18 Å². The van der Waals surface area contributed by atoms with Crippen molar-refractivity contribution in [2.75, 3.05) is 18.4 Å². The maximum Gasteiger partial charge on any atom is 0.410 e. The highest BCUT2D eigenvalue weighted by Gasteiger charge is 2.28. The number of carbonyl (C=O) groups is 2. The van der Waals surface area contributed by atoms with Gasteiger partial charge in [-0.2, -0.15) is 5.10 Å². The van der Waals surface area contributed by atoms with Gasteiger partial charge in [0.25, 0.3) is 5.91 Å². The minimum Gasteiger partial charge on any atom is -0.444 e. The predicted octanol–water partition coefficient (Wildman–Crippen LogP) is 5.00. The Morgan fingerprint density at radius 2 is 1.78 bits per heavy atom. The quantitative estimate of drug-likeness (QED) is 0.624. The lowest BCUT2D eigenvalue weighted by Crippen LogP contribution is -2.42. The van der Waals surface area contributed by atoms with Crippen LogP contribution in [0.2, 0.25) is 0 Å². The van der Waals surface area contributed by atoms with Gasteiger partial charge in [-0.3, -0.25) is 9.48 Å².